The maximum absolute atomic E-state index is 6.23. The van der Waals surface area contributed by atoms with Crippen molar-refractivity contribution in [3.05, 3.63) is 37.2 Å². The predicted molar refractivity (Wildman–Crippen MR) is 92.4 cm³/mol. The lowest BCUT2D eigenvalue weighted by Crippen LogP contribution is -2.44. The monoisotopic (exact) mass is 342 g/mol. The standard InChI is InChI=1S/C17H22N6O2/c1-2-19-13-22-16(1)23-5-6-24-12-17(11-23)7-14(10-25-17)8-21-15-9-18-3-4-20-15/h1-4,9,13-14H,5-8,10-12H2,(H,20,21). The Labute approximate surface area is 146 Å². The molecule has 4 heterocycles. The fourth-order valence-corrected chi connectivity index (χ4v) is 3.49. The van der Waals surface area contributed by atoms with E-state index in [2.05, 4.69) is 30.2 Å². The predicted octanol–water partition coefficient (Wildman–Crippen LogP) is 0.991. The summed E-state index contributed by atoms with van der Waals surface area (Å²) in [5.41, 5.74) is -0.282. The number of nitrogens with one attached hydrogen (secondary N) is 1. The number of ether oxygens (including phenoxy) is 2. The second kappa shape index (κ2) is 7.28. The van der Waals surface area contributed by atoms with E-state index in [4.69, 9.17) is 9.47 Å². The Kier molecular flexibility index (Phi) is 4.71. The van der Waals surface area contributed by atoms with Crippen LogP contribution < -0.4 is 10.2 Å². The average Bonchev–Trinajstić information content (AvgIpc) is 2.94. The number of anilines is 2. The summed E-state index contributed by atoms with van der Waals surface area (Å²) >= 11 is 0. The van der Waals surface area contributed by atoms with Gasteiger partial charge in [0, 0.05) is 37.6 Å². The van der Waals surface area contributed by atoms with Gasteiger partial charge in [-0.3, -0.25) is 4.98 Å². The van der Waals surface area contributed by atoms with Crippen molar-refractivity contribution >= 4 is 11.6 Å². The maximum atomic E-state index is 6.23. The van der Waals surface area contributed by atoms with E-state index in [1.165, 1.54) is 0 Å². The van der Waals surface area contributed by atoms with Crippen molar-refractivity contribution < 1.29 is 9.47 Å². The first-order valence-electron chi connectivity index (χ1n) is 8.56. The Bertz CT molecular complexity index is 673. The highest BCUT2D eigenvalue weighted by molar-refractivity contribution is 5.37. The summed E-state index contributed by atoms with van der Waals surface area (Å²) in [5, 5.41) is 3.34. The number of nitrogens with zero attached hydrogens (tertiary/aromatic N) is 5. The first-order valence-corrected chi connectivity index (χ1v) is 8.56. The number of aromatic nitrogens is 4. The molecule has 25 heavy (non-hydrogen) atoms. The molecule has 0 amide bonds. The molecular formula is C17H22N6O2. The van der Waals surface area contributed by atoms with E-state index in [1.54, 1.807) is 31.1 Å². The van der Waals surface area contributed by atoms with Gasteiger partial charge in [0.15, 0.2) is 0 Å². The summed E-state index contributed by atoms with van der Waals surface area (Å²) < 4.78 is 12.1. The van der Waals surface area contributed by atoms with Crippen LogP contribution in [0.4, 0.5) is 11.6 Å². The molecule has 2 aliphatic rings. The quantitative estimate of drug-likeness (QED) is 0.880. The molecule has 8 heteroatoms. The Morgan fingerprint density at radius 1 is 1.24 bits per heavy atom. The molecule has 2 aromatic heterocycles. The summed E-state index contributed by atoms with van der Waals surface area (Å²) in [4.78, 5) is 18.9. The van der Waals surface area contributed by atoms with Crippen LogP contribution >= 0.6 is 0 Å². The molecule has 2 unspecified atom stereocenters. The highest BCUT2D eigenvalue weighted by atomic mass is 16.5. The molecule has 0 radical (unpaired) electrons. The highest BCUT2D eigenvalue weighted by Gasteiger charge is 2.43. The van der Waals surface area contributed by atoms with Crippen molar-refractivity contribution in [2.75, 3.05) is 49.7 Å². The minimum Gasteiger partial charge on any atom is -0.377 e. The van der Waals surface area contributed by atoms with Crippen molar-refractivity contribution in [3.8, 4) is 0 Å². The van der Waals surface area contributed by atoms with Crippen LogP contribution in [0.25, 0.3) is 0 Å². The lowest BCUT2D eigenvalue weighted by molar-refractivity contribution is -0.0457. The first-order chi connectivity index (χ1) is 12.3. The normalized spacial score (nSPS) is 26.6. The number of rotatable bonds is 4. The molecule has 1 spiro atoms. The lowest BCUT2D eigenvalue weighted by atomic mass is 9.94. The van der Waals surface area contributed by atoms with E-state index < -0.39 is 0 Å². The summed E-state index contributed by atoms with van der Waals surface area (Å²) in [5.74, 6) is 2.13. The third kappa shape index (κ3) is 3.85. The van der Waals surface area contributed by atoms with Gasteiger partial charge < -0.3 is 19.7 Å². The van der Waals surface area contributed by atoms with Crippen LogP contribution in [0.3, 0.4) is 0 Å². The van der Waals surface area contributed by atoms with Crippen LogP contribution in [0.1, 0.15) is 6.42 Å². The lowest BCUT2D eigenvalue weighted by Gasteiger charge is -2.31. The van der Waals surface area contributed by atoms with Crippen LogP contribution in [-0.2, 0) is 9.47 Å². The van der Waals surface area contributed by atoms with E-state index in [9.17, 15) is 0 Å². The zero-order valence-corrected chi connectivity index (χ0v) is 14.0. The Hall–Kier alpha value is -2.32. The van der Waals surface area contributed by atoms with Gasteiger partial charge in [-0.1, -0.05) is 0 Å². The zero-order chi connectivity index (χ0) is 17.0. The topological polar surface area (TPSA) is 85.3 Å². The van der Waals surface area contributed by atoms with Crippen molar-refractivity contribution in [2.24, 2.45) is 5.92 Å². The van der Waals surface area contributed by atoms with Crippen molar-refractivity contribution in [3.63, 3.8) is 0 Å². The fourth-order valence-electron chi connectivity index (χ4n) is 3.49. The molecule has 2 aromatic rings. The third-order valence-corrected chi connectivity index (χ3v) is 4.66. The molecule has 0 aliphatic carbocycles. The molecule has 2 aliphatic heterocycles. The molecular weight excluding hydrogens is 320 g/mol. The fraction of sp³-hybridized carbons (Fsp3) is 0.529. The van der Waals surface area contributed by atoms with E-state index in [0.29, 0.717) is 25.7 Å². The summed E-state index contributed by atoms with van der Waals surface area (Å²) in [6.07, 6.45) is 9.39. The van der Waals surface area contributed by atoms with Crippen molar-refractivity contribution in [2.45, 2.75) is 12.0 Å². The van der Waals surface area contributed by atoms with Gasteiger partial charge >= 0.3 is 0 Å². The van der Waals surface area contributed by atoms with Gasteiger partial charge in [-0.25, -0.2) is 15.0 Å². The van der Waals surface area contributed by atoms with E-state index >= 15 is 0 Å². The highest BCUT2D eigenvalue weighted by Crippen LogP contribution is 2.33. The SMILES string of the molecule is c1cc(N2CCOCC3(CC(CNc4cnccn4)CO3)C2)ncn1. The Morgan fingerprint density at radius 3 is 3.08 bits per heavy atom. The molecule has 8 nitrogen and oxygen atoms in total. The molecule has 2 saturated heterocycles. The number of hydrogen-bond donors (Lipinski definition) is 1. The molecule has 4 rings (SSSR count). The summed E-state index contributed by atoms with van der Waals surface area (Å²) in [7, 11) is 0. The van der Waals surface area contributed by atoms with Gasteiger partial charge in [0.25, 0.3) is 0 Å². The molecule has 0 bridgehead atoms. The minimum atomic E-state index is -0.282. The van der Waals surface area contributed by atoms with E-state index in [1.807, 2.05) is 6.07 Å². The van der Waals surface area contributed by atoms with Gasteiger partial charge in [0.05, 0.1) is 32.6 Å². The zero-order valence-electron chi connectivity index (χ0n) is 14.0. The van der Waals surface area contributed by atoms with Gasteiger partial charge in [-0.15, -0.1) is 0 Å². The molecule has 2 atom stereocenters. The van der Waals surface area contributed by atoms with Gasteiger partial charge in [-0.05, 0) is 12.5 Å². The molecule has 2 fully saturated rings. The van der Waals surface area contributed by atoms with Crippen LogP contribution in [0.5, 0.6) is 0 Å². The Balaban J connectivity index is 1.39. The largest absolute Gasteiger partial charge is 0.377 e. The Morgan fingerprint density at radius 2 is 2.24 bits per heavy atom. The average molecular weight is 342 g/mol. The molecule has 0 aromatic carbocycles. The molecule has 0 saturated carbocycles. The van der Waals surface area contributed by atoms with Gasteiger partial charge in [0.1, 0.15) is 23.6 Å². The van der Waals surface area contributed by atoms with E-state index in [-0.39, 0.29) is 5.60 Å². The number of hydrogen-bond acceptors (Lipinski definition) is 8. The van der Waals surface area contributed by atoms with Crippen LogP contribution in [0.2, 0.25) is 0 Å². The second-order valence-electron chi connectivity index (χ2n) is 6.58. The van der Waals surface area contributed by atoms with Crippen molar-refractivity contribution in [1.82, 2.24) is 19.9 Å². The first kappa shape index (κ1) is 16.2. The van der Waals surface area contributed by atoms with Crippen LogP contribution in [-0.4, -0.2) is 65.0 Å². The second-order valence-corrected chi connectivity index (χ2v) is 6.58. The molecule has 1 N–H and O–H groups in total. The molecule has 132 valence electrons. The maximum Gasteiger partial charge on any atom is 0.144 e. The summed E-state index contributed by atoms with van der Waals surface area (Å²) in [6, 6.07) is 1.93. The van der Waals surface area contributed by atoms with E-state index in [0.717, 1.165) is 37.7 Å². The van der Waals surface area contributed by atoms with Crippen molar-refractivity contribution in [1.29, 1.82) is 0 Å². The summed E-state index contributed by atoms with van der Waals surface area (Å²) in [6.45, 7) is 4.42. The smallest absolute Gasteiger partial charge is 0.144 e. The third-order valence-electron chi connectivity index (χ3n) is 4.66. The van der Waals surface area contributed by atoms with Gasteiger partial charge in [0.2, 0.25) is 0 Å². The van der Waals surface area contributed by atoms with Crippen LogP contribution in [0.15, 0.2) is 37.2 Å². The van der Waals surface area contributed by atoms with Crippen LogP contribution in [0, 0.1) is 5.92 Å². The van der Waals surface area contributed by atoms with Gasteiger partial charge in [-0.2, -0.15) is 0 Å². The minimum absolute atomic E-state index is 0.282.